The smallest absolute Gasteiger partial charge is 0.240 e. The monoisotopic (exact) mass is 411 g/mol. The summed E-state index contributed by atoms with van der Waals surface area (Å²) in [6, 6.07) is 8.63. The Labute approximate surface area is 174 Å². The topological polar surface area (TPSA) is 130 Å². The van der Waals surface area contributed by atoms with Gasteiger partial charge < -0.3 is 25.7 Å². The summed E-state index contributed by atoms with van der Waals surface area (Å²) in [5, 5.41) is 2.74. The van der Waals surface area contributed by atoms with Gasteiger partial charge in [0.25, 0.3) is 0 Å². The van der Waals surface area contributed by atoms with Crippen LogP contribution in [0.5, 0.6) is 0 Å². The maximum atomic E-state index is 13.1. The van der Waals surface area contributed by atoms with Crippen LogP contribution in [0.2, 0.25) is 0 Å². The number of hydrogen-bond donors (Lipinski definition) is 3. The molecule has 0 bridgehead atoms. The van der Waals surface area contributed by atoms with Gasteiger partial charge in [-0.05, 0) is 5.56 Å². The van der Waals surface area contributed by atoms with Crippen molar-refractivity contribution in [2.45, 2.75) is 18.4 Å². The third kappa shape index (κ3) is 4.20. The predicted octanol–water partition coefficient (Wildman–Crippen LogP) is -0.189. The summed E-state index contributed by atoms with van der Waals surface area (Å²) in [7, 11) is 0. The fourth-order valence-corrected chi connectivity index (χ4v) is 4.13. The molecule has 3 amide bonds. The Bertz CT molecular complexity index is 895. The summed E-state index contributed by atoms with van der Waals surface area (Å²) >= 11 is 0. The van der Waals surface area contributed by atoms with Crippen LogP contribution in [0.3, 0.4) is 0 Å². The van der Waals surface area contributed by atoms with Crippen molar-refractivity contribution in [1.29, 1.82) is 0 Å². The number of aromatic amines is 1. The number of morpholine rings is 1. The van der Waals surface area contributed by atoms with E-state index in [-0.39, 0.29) is 24.2 Å². The van der Waals surface area contributed by atoms with Crippen LogP contribution in [0.15, 0.2) is 42.9 Å². The second-order valence-corrected chi connectivity index (χ2v) is 7.65. The maximum Gasteiger partial charge on any atom is 0.240 e. The highest BCUT2D eigenvalue weighted by molar-refractivity contribution is 5.97. The van der Waals surface area contributed by atoms with E-state index in [9.17, 15) is 14.4 Å². The normalized spacial score (nSPS) is 24.1. The van der Waals surface area contributed by atoms with E-state index in [1.54, 1.807) is 11.1 Å². The molecule has 158 valence electrons. The molecule has 4 N–H and O–H groups in total. The number of H-pyrrole nitrogens is 1. The zero-order valence-electron chi connectivity index (χ0n) is 16.5. The van der Waals surface area contributed by atoms with Gasteiger partial charge >= 0.3 is 0 Å². The van der Waals surface area contributed by atoms with Gasteiger partial charge in [0.2, 0.25) is 17.7 Å². The summed E-state index contributed by atoms with van der Waals surface area (Å²) < 4.78 is 5.33. The molecule has 1 saturated heterocycles. The van der Waals surface area contributed by atoms with Crippen molar-refractivity contribution >= 4 is 17.7 Å². The van der Waals surface area contributed by atoms with Gasteiger partial charge in [-0.1, -0.05) is 30.3 Å². The van der Waals surface area contributed by atoms with E-state index in [0.29, 0.717) is 32.0 Å². The molecule has 4 atom stereocenters. The molecule has 1 aromatic heterocycles. The van der Waals surface area contributed by atoms with Crippen LogP contribution in [0, 0.1) is 11.8 Å². The molecule has 1 aliphatic heterocycles. The number of carbonyl (C=O) groups is 3. The standard InChI is InChI=1S/C21H25N5O4/c22-19(27)15(10-14-11-23-12-24-14)25-20(28)17-16(13-4-2-1-3-5-13)18(17)21(29)26-6-8-30-9-7-26/h1-5,11-12,15-18H,6-10H2,(H2,22,27)(H,23,24)(H,25,28)/t15-,16+,17+,18+/m0/s1. The first-order valence-electron chi connectivity index (χ1n) is 10.0. The Morgan fingerprint density at radius 3 is 2.57 bits per heavy atom. The number of primary amides is 1. The molecule has 9 nitrogen and oxygen atoms in total. The second-order valence-electron chi connectivity index (χ2n) is 7.65. The molecular formula is C21H25N5O4. The molecule has 2 aromatic rings. The molecule has 2 fully saturated rings. The predicted molar refractivity (Wildman–Crippen MR) is 107 cm³/mol. The lowest BCUT2D eigenvalue weighted by Gasteiger charge is -2.27. The molecule has 1 aromatic carbocycles. The van der Waals surface area contributed by atoms with E-state index in [4.69, 9.17) is 10.5 Å². The fraction of sp³-hybridized carbons (Fsp3) is 0.429. The third-order valence-corrected chi connectivity index (χ3v) is 5.74. The lowest BCUT2D eigenvalue weighted by molar-refractivity contribution is -0.138. The van der Waals surface area contributed by atoms with E-state index in [0.717, 1.165) is 5.56 Å². The number of carbonyl (C=O) groups excluding carboxylic acids is 3. The van der Waals surface area contributed by atoms with Crippen LogP contribution in [0.25, 0.3) is 0 Å². The first kappa shape index (κ1) is 20.1. The van der Waals surface area contributed by atoms with Gasteiger partial charge in [-0.15, -0.1) is 0 Å². The quantitative estimate of drug-likeness (QED) is 0.581. The second kappa shape index (κ2) is 8.66. The molecular weight excluding hydrogens is 386 g/mol. The number of amides is 3. The van der Waals surface area contributed by atoms with E-state index in [1.807, 2.05) is 30.3 Å². The number of aromatic nitrogens is 2. The third-order valence-electron chi connectivity index (χ3n) is 5.74. The Morgan fingerprint density at radius 1 is 1.20 bits per heavy atom. The van der Waals surface area contributed by atoms with E-state index >= 15 is 0 Å². The first-order chi connectivity index (χ1) is 14.6. The molecule has 0 radical (unpaired) electrons. The molecule has 2 aliphatic rings. The van der Waals surface area contributed by atoms with Crippen LogP contribution in [0.1, 0.15) is 17.2 Å². The van der Waals surface area contributed by atoms with Gasteiger partial charge in [-0.2, -0.15) is 0 Å². The number of imidazole rings is 1. The van der Waals surface area contributed by atoms with Crippen LogP contribution >= 0.6 is 0 Å². The van der Waals surface area contributed by atoms with Gasteiger partial charge in [0.1, 0.15) is 6.04 Å². The van der Waals surface area contributed by atoms with E-state index in [1.165, 1.54) is 6.33 Å². The summed E-state index contributed by atoms with van der Waals surface area (Å²) in [4.78, 5) is 46.8. The van der Waals surface area contributed by atoms with Crippen LogP contribution in [-0.2, 0) is 25.5 Å². The average Bonchev–Trinajstić information content (AvgIpc) is 3.31. The highest BCUT2D eigenvalue weighted by atomic mass is 16.5. The minimum absolute atomic E-state index is 0.0461. The van der Waals surface area contributed by atoms with Crippen molar-refractivity contribution in [1.82, 2.24) is 20.2 Å². The molecule has 0 unspecified atom stereocenters. The SMILES string of the molecule is NC(=O)[C@H](Cc1c[nH]cn1)NC(=O)[C@H]1[C@H](C(=O)N2CCOCC2)[C@@H]1c1ccccc1. The van der Waals surface area contributed by atoms with Crippen LogP contribution in [0.4, 0.5) is 0 Å². The van der Waals surface area contributed by atoms with Gasteiger partial charge in [0.05, 0.1) is 37.1 Å². The molecule has 0 spiro atoms. The molecule has 1 aliphatic carbocycles. The summed E-state index contributed by atoms with van der Waals surface area (Å²) in [6.45, 7) is 2.04. The van der Waals surface area contributed by atoms with Gasteiger partial charge in [-0.25, -0.2) is 4.98 Å². The minimum Gasteiger partial charge on any atom is -0.378 e. The van der Waals surface area contributed by atoms with Crippen molar-refractivity contribution in [2.75, 3.05) is 26.3 Å². The van der Waals surface area contributed by atoms with E-state index < -0.39 is 23.8 Å². The fourth-order valence-electron chi connectivity index (χ4n) is 4.13. The van der Waals surface area contributed by atoms with Crippen molar-refractivity contribution in [2.24, 2.45) is 17.6 Å². The van der Waals surface area contributed by atoms with Crippen molar-refractivity contribution < 1.29 is 19.1 Å². The zero-order chi connectivity index (χ0) is 21.1. The Balaban J connectivity index is 1.50. The van der Waals surface area contributed by atoms with Crippen molar-refractivity contribution in [3.63, 3.8) is 0 Å². The first-order valence-corrected chi connectivity index (χ1v) is 10.0. The summed E-state index contributed by atoms with van der Waals surface area (Å²) in [6.07, 6.45) is 3.34. The minimum atomic E-state index is -0.892. The lowest BCUT2D eigenvalue weighted by atomic mass is 10.1. The van der Waals surface area contributed by atoms with Crippen molar-refractivity contribution in [3.8, 4) is 0 Å². The molecule has 2 heterocycles. The number of nitrogens with two attached hydrogens (primary N) is 1. The molecule has 30 heavy (non-hydrogen) atoms. The average molecular weight is 411 g/mol. The van der Waals surface area contributed by atoms with Gasteiger partial charge in [0.15, 0.2) is 0 Å². The van der Waals surface area contributed by atoms with Gasteiger partial charge in [-0.3, -0.25) is 14.4 Å². The largest absolute Gasteiger partial charge is 0.378 e. The van der Waals surface area contributed by atoms with Gasteiger partial charge in [0, 0.05) is 31.6 Å². The zero-order valence-corrected chi connectivity index (χ0v) is 16.5. The number of nitrogens with one attached hydrogen (secondary N) is 2. The van der Waals surface area contributed by atoms with Crippen molar-refractivity contribution in [3.05, 3.63) is 54.1 Å². The Morgan fingerprint density at radius 2 is 1.93 bits per heavy atom. The highest BCUT2D eigenvalue weighted by Crippen LogP contribution is 2.55. The summed E-state index contributed by atoms with van der Waals surface area (Å²) in [5.41, 5.74) is 7.06. The Hall–Kier alpha value is -3.20. The molecule has 9 heteroatoms. The Kier molecular flexibility index (Phi) is 5.80. The maximum absolute atomic E-state index is 13.1. The van der Waals surface area contributed by atoms with Crippen LogP contribution in [-0.4, -0.2) is 64.9 Å². The molecule has 1 saturated carbocycles. The highest BCUT2D eigenvalue weighted by Gasteiger charge is 2.60. The van der Waals surface area contributed by atoms with Crippen LogP contribution < -0.4 is 11.1 Å². The number of rotatable bonds is 7. The number of hydrogen-bond acceptors (Lipinski definition) is 5. The number of benzene rings is 1. The summed E-state index contributed by atoms with van der Waals surface area (Å²) in [5.74, 6) is -2.24. The number of ether oxygens (including phenoxy) is 1. The molecule has 4 rings (SSSR count). The lowest BCUT2D eigenvalue weighted by Crippen LogP contribution is -2.47. The number of nitrogens with zero attached hydrogens (tertiary/aromatic N) is 2. The van der Waals surface area contributed by atoms with E-state index in [2.05, 4.69) is 15.3 Å².